The molecule has 0 radical (unpaired) electrons. The van der Waals surface area contributed by atoms with Crippen LogP contribution in [0.1, 0.15) is 22.3 Å². The molecule has 1 aliphatic carbocycles. The van der Waals surface area contributed by atoms with Crippen molar-refractivity contribution < 1.29 is 9.47 Å². The highest BCUT2D eigenvalue weighted by Crippen LogP contribution is 2.62. The van der Waals surface area contributed by atoms with Gasteiger partial charge >= 0.3 is 0 Å². The summed E-state index contributed by atoms with van der Waals surface area (Å²) in [7, 11) is 0. The van der Waals surface area contributed by atoms with Crippen LogP contribution < -0.4 is 9.47 Å². The fourth-order valence-electron chi connectivity index (χ4n) is 8.70. The van der Waals surface area contributed by atoms with Gasteiger partial charge < -0.3 is 9.47 Å². The summed E-state index contributed by atoms with van der Waals surface area (Å²) in [5, 5.41) is 0. The number of nitrogens with zero attached hydrogens (tertiary/aromatic N) is 2. The van der Waals surface area contributed by atoms with Gasteiger partial charge in [0, 0.05) is 27.8 Å². The Kier molecular flexibility index (Phi) is 7.68. The number of para-hydroxylation sites is 1. The Hall–Kier alpha value is -7.56. The first-order valence-electron chi connectivity index (χ1n) is 19.2. The van der Waals surface area contributed by atoms with Crippen LogP contribution in [-0.2, 0) is 5.41 Å². The van der Waals surface area contributed by atoms with E-state index >= 15 is 0 Å². The first-order chi connectivity index (χ1) is 28.3. The van der Waals surface area contributed by atoms with Crippen molar-refractivity contribution in [2.75, 3.05) is 0 Å². The van der Waals surface area contributed by atoms with Crippen molar-refractivity contribution in [2.45, 2.75) is 5.41 Å². The van der Waals surface area contributed by atoms with Crippen molar-refractivity contribution in [3.05, 3.63) is 229 Å². The molecule has 57 heavy (non-hydrogen) atoms. The maximum Gasteiger partial charge on any atom is 0.178 e. The lowest BCUT2D eigenvalue weighted by Crippen LogP contribution is -2.28. The molecule has 0 amide bonds. The minimum Gasteiger partial charge on any atom is -0.449 e. The monoisotopic (exact) mass is 730 g/mol. The molecular formula is C53H34N2O2. The second-order valence-corrected chi connectivity index (χ2v) is 14.5. The van der Waals surface area contributed by atoms with E-state index in [4.69, 9.17) is 19.4 Å². The highest BCUT2D eigenvalue weighted by atomic mass is 16.6. The van der Waals surface area contributed by atoms with Crippen LogP contribution >= 0.6 is 0 Å². The number of hydrogen-bond donors (Lipinski definition) is 0. The van der Waals surface area contributed by atoms with E-state index in [0.717, 1.165) is 56.1 Å². The number of fused-ring (bicyclic) bond motifs is 6. The summed E-state index contributed by atoms with van der Waals surface area (Å²) in [6.45, 7) is 0. The summed E-state index contributed by atoms with van der Waals surface area (Å²) in [6, 6.07) is 71.7. The SMILES string of the molecule is c1ccc(-c2cc(-c3ccccc3)nc(-c3ccc(-c4cccc5c4Oc4c(ccc6c4-c4ccccc4C6(c4ccccc4)c4ccccc4)O5)cc3)n2)cc1. The van der Waals surface area contributed by atoms with E-state index in [1.165, 1.54) is 22.3 Å². The van der Waals surface area contributed by atoms with Gasteiger partial charge in [0.2, 0.25) is 0 Å². The molecule has 2 heterocycles. The van der Waals surface area contributed by atoms with E-state index in [-0.39, 0.29) is 0 Å². The van der Waals surface area contributed by atoms with Crippen LogP contribution in [-0.4, -0.2) is 9.97 Å². The zero-order valence-electron chi connectivity index (χ0n) is 30.8. The summed E-state index contributed by atoms with van der Waals surface area (Å²) < 4.78 is 13.8. The number of benzene rings is 8. The summed E-state index contributed by atoms with van der Waals surface area (Å²) in [5.74, 6) is 3.46. The molecule has 9 aromatic rings. The molecule has 268 valence electrons. The lowest BCUT2D eigenvalue weighted by Gasteiger charge is -2.34. The molecule has 4 heteroatoms. The summed E-state index contributed by atoms with van der Waals surface area (Å²) in [4.78, 5) is 10.1. The molecule has 0 saturated carbocycles. The van der Waals surface area contributed by atoms with Gasteiger partial charge in [-0.2, -0.15) is 0 Å². The van der Waals surface area contributed by atoms with Gasteiger partial charge in [-0.3, -0.25) is 0 Å². The molecule has 0 saturated heterocycles. The lowest BCUT2D eigenvalue weighted by molar-refractivity contribution is 0.361. The standard InChI is InChI=1S/C53H34N2O2/c1-5-16-36(17-6-1)45-34-46(37-18-7-2-8-19-37)55-52(54-45)38-30-28-35(29-31-38)41-25-15-27-47-50(41)57-51-48(56-47)33-32-44-49(51)42-24-13-14-26-43(42)53(44,39-20-9-3-10-21-39)40-22-11-4-12-23-40/h1-34H. The first kappa shape index (κ1) is 32.8. The van der Waals surface area contributed by atoms with Gasteiger partial charge in [0.25, 0.3) is 0 Å². The Labute approximate surface area is 331 Å². The largest absolute Gasteiger partial charge is 0.449 e. The van der Waals surface area contributed by atoms with Crippen molar-refractivity contribution in [3.8, 4) is 79.2 Å². The Balaban J connectivity index is 1.02. The van der Waals surface area contributed by atoms with Crippen molar-refractivity contribution in [1.29, 1.82) is 0 Å². The minimum atomic E-state index is -0.539. The van der Waals surface area contributed by atoms with Crippen LogP contribution in [0.4, 0.5) is 0 Å². The van der Waals surface area contributed by atoms with Crippen molar-refractivity contribution in [3.63, 3.8) is 0 Å². The van der Waals surface area contributed by atoms with Gasteiger partial charge in [-0.25, -0.2) is 9.97 Å². The Bertz CT molecular complexity index is 2830. The highest BCUT2D eigenvalue weighted by molar-refractivity contribution is 5.92. The van der Waals surface area contributed by atoms with Gasteiger partial charge in [-0.05, 0) is 51.6 Å². The van der Waals surface area contributed by atoms with Crippen LogP contribution in [0.3, 0.4) is 0 Å². The second-order valence-electron chi connectivity index (χ2n) is 14.5. The Morgan fingerprint density at radius 2 is 0.877 bits per heavy atom. The molecule has 0 fully saturated rings. The van der Waals surface area contributed by atoms with E-state index in [9.17, 15) is 0 Å². The lowest BCUT2D eigenvalue weighted by atomic mass is 9.68. The van der Waals surface area contributed by atoms with E-state index in [0.29, 0.717) is 23.1 Å². The topological polar surface area (TPSA) is 44.2 Å². The van der Waals surface area contributed by atoms with Gasteiger partial charge in [0.05, 0.1) is 16.8 Å². The fraction of sp³-hybridized carbons (Fsp3) is 0.0189. The molecule has 1 aromatic heterocycles. The average Bonchev–Trinajstić information content (AvgIpc) is 3.61. The van der Waals surface area contributed by atoms with Gasteiger partial charge in [-0.15, -0.1) is 0 Å². The van der Waals surface area contributed by atoms with Gasteiger partial charge in [0.1, 0.15) is 0 Å². The van der Waals surface area contributed by atoms with Crippen LogP contribution in [0.15, 0.2) is 206 Å². The predicted molar refractivity (Wildman–Crippen MR) is 228 cm³/mol. The molecule has 0 spiro atoms. The molecule has 8 aromatic carbocycles. The molecule has 0 N–H and O–H groups in total. The summed E-state index contributed by atoms with van der Waals surface area (Å²) in [5.41, 5.74) is 13.2. The van der Waals surface area contributed by atoms with Gasteiger partial charge in [0.15, 0.2) is 28.8 Å². The van der Waals surface area contributed by atoms with Crippen LogP contribution in [0.5, 0.6) is 23.0 Å². The molecule has 1 aliphatic heterocycles. The molecule has 0 unspecified atom stereocenters. The Morgan fingerprint density at radius 1 is 0.351 bits per heavy atom. The minimum absolute atomic E-state index is 0.539. The van der Waals surface area contributed by atoms with Crippen molar-refractivity contribution >= 4 is 0 Å². The zero-order chi connectivity index (χ0) is 37.8. The average molecular weight is 731 g/mol. The Morgan fingerprint density at radius 3 is 1.51 bits per heavy atom. The van der Waals surface area contributed by atoms with Crippen molar-refractivity contribution in [1.82, 2.24) is 9.97 Å². The smallest absolute Gasteiger partial charge is 0.178 e. The third-order valence-electron chi connectivity index (χ3n) is 11.3. The normalized spacial score (nSPS) is 13.0. The molecule has 11 rings (SSSR count). The molecule has 0 bridgehead atoms. The third-order valence-corrected chi connectivity index (χ3v) is 11.3. The quantitative estimate of drug-likeness (QED) is 0.171. The fourth-order valence-corrected chi connectivity index (χ4v) is 8.70. The maximum absolute atomic E-state index is 7.12. The number of rotatable bonds is 6. The van der Waals surface area contributed by atoms with Gasteiger partial charge in [-0.1, -0.05) is 188 Å². The molecule has 2 aliphatic rings. The number of ether oxygens (including phenoxy) is 2. The van der Waals surface area contributed by atoms with Crippen LogP contribution in [0, 0.1) is 0 Å². The third kappa shape index (κ3) is 5.30. The second kappa shape index (κ2) is 13.3. The highest BCUT2D eigenvalue weighted by Gasteiger charge is 2.48. The van der Waals surface area contributed by atoms with E-state index < -0.39 is 5.41 Å². The number of aromatic nitrogens is 2. The molecule has 4 nitrogen and oxygen atoms in total. The van der Waals surface area contributed by atoms with Crippen molar-refractivity contribution in [2.24, 2.45) is 0 Å². The predicted octanol–water partition coefficient (Wildman–Crippen LogP) is 13.4. The zero-order valence-corrected chi connectivity index (χ0v) is 30.8. The summed E-state index contributed by atoms with van der Waals surface area (Å²) >= 11 is 0. The van der Waals surface area contributed by atoms with E-state index in [2.05, 4.69) is 158 Å². The molecular weight excluding hydrogens is 697 g/mol. The van der Waals surface area contributed by atoms with Crippen LogP contribution in [0.25, 0.3) is 56.2 Å². The maximum atomic E-state index is 7.12. The first-order valence-corrected chi connectivity index (χ1v) is 19.2. The number of hydrogen-bond acceptors (Lipinski definition) is 4. The van der Waals surface area contributed by atoms with Crippen LogP contribution in [0.2, 0.25) is 0 Å². The molecule has 0 atom stereocenters. The van der Waals surface area contributed by atoms with E-state index in [1.54, 1.807) is 0 Å². The summed E-state index contributed by atoms with van der Waals surface area (Å²) in [6.07, 6.45) is 0. The van der Waals surface area contributed by atoms with E-state index in [1.807, 2.05) is 48.5 Å².